The largest absolute Gasteiger partial charge is 0.458 e. The third kappa shape index (κ3) is 4.27. The van der Waals surface area contributed by atoms with Crippen LogP contribution in [0.15, 0.2) is 64.7 Å². The van der Waals surface area contributed by atoms with Crippen molar-refractivity contribution in [3.63, 3.8) is 0 Å². The van der Waals surface area contributed by atoms with Gasteiger partial charge in [0.2, 0.25) is 0 Å². The Bertz CT molecular complexity index is 1120. The Kier molecular flexibility index (Phi) is 5.45. The number of hydrogen-bond donors (Lipinski definition) is 1. The summed E-state index contributed by atoms with van der Waals surface area (Å²) in [5.74, 6) is -0.810. The molecule has 0 aliphatic carbocycles. The maximum atomic E-state index is 12.3. The minimum atomic E-state index is -0.501. The van der Waals surface area contributed by atoms with Crippen molar-refractivity contribution < 1.29 is 14.3 Å². The summed E-state index contributed by atoms with van der Waals surface area (Å²) < 4.78 is 5.21. The van der Waals surface area contributed by atoms with E-state index < -0.39 is 5.97 Å². The first-order valence-electron chi connectivity index (χ1n) is 8.58. The van der Waals surface area contributed by atoms with Gasteiger partial charge in [0, 0.05) is 21.9 Å². The molecule has 0 atom stereocenters. The van der Waals surface area contributed by atoms with Crippen LogP contribution in [0.25, 0.3) is 21.3 Å². The molecule has 0 aliphatic rings. The molecule has 140 valence electrons. The van der Waals surface area contributed by atoms with Gasteiger partial charge >= 0.3 is 5.97 Å². The Morgan fingerprint density at radius 2 is 1.89 bits per heavy atom. The highest BCUT2D eigenvalue weighted by Gasteiger charge is 2.11. The lowest BCUT2D eigenvalue weighted by Gasteiger charge is -2.06. The lowest BCUT2D eigenvalue weighted by molar-refractivity contribution is -0.143. The van der Waals surface area contributed by atoms with E-state index in [1.54, 1.807) is 23.5 Å². The van der Waals surface area contributed by atoms with Gasteiger partial charge in [0.25, 0.3) is 5.91 Å². The lowest BCUT2D eigenvalue weighted by atomic mass is 10.1. The molecule has 0 bridgehead atoms. The number of carbonyl (C=O) groups excluding carboxylic acids is 2. The van der Waals surface area contributed by atoms with Crippen LogP contribution in [0.4, 0.5) is 0 Å². The summed E-state index contributed by atoms with van der Waals surface area (Å²) >= 11 is 3.12. The Morgan fingerprint density at radius 3 is 2.71 bits per heavy atom. The van der Waals surface area contributed by atoms with Gasteiger partial charge in [0.05, 0.1) is 5.69 Å². The molecule has 2 heterocycles. The van der Waals surface area contributed by atoms with Crippen LogP contribution >= 0.6 is 22.7 Å². The maximum absolute atomic E-state index is 12.3. The van der Waals surface area contributed by atoms with Gasteiger partial charge in [-0.3, -0.25) is 9.59 Å². The molecule has 4 aromatic rings. The van der Waals surface area contributed by atoms with Crippen molar-refractivity contribution in [1.82, 2.24) is 10.3 Å². The van der Waals surface area contributed by atoms with Crippen molar-refractivity contribution in [2.75, 3.05) is 6.54 Å². The number of nitrogens with one attached hydrogen (secondary N) is 1. The van der Waals surface area contributed by atoms with Gasteiger partial charge in [-0.2, -0.15) is 11.3 Å². The standard InChI is InChI=1S/C21H16N2O3S2/c24-19(26-11-18-13-28-21(23-18)17-7-8-27-12-17)10-22-20(25)16-6-5-14-3-1-2-4-15(14)9-16/h1-9,12-13H,10-11H2,(H,22,25). The summed E-state index contributed by atoms with van der Waals surface area (Å²) in [4.78, 5) is 28.7. The summed E-state index contributed by atoms with van der Waals surface area (Å²) in [5.41, 5.74) is 2.27. The number of hydrogen-bond acceptors (Lipinski definition) is 6. The van der Waals surface area contributed by atoms with Crippen LogP contribution in [-0.4, -0.2) is 23.4 Å². The first-order valence-corrected chi connectivity index (χ1v) is 10.4. The molecule has 28 heavy (non-hydrogen) atoms. The number of rotatable bonds is 6. The highest BCUT2D eigenvalue weighted by atomic mass is 32.1. The molecule has 1 N–H and O–H groups in total. The van der Waals surface area contributed by atoms with Gasteiger partial charge in [0.15, 0.2) is 0 Å². The van der Waals surface area contributed by atoms with Gasteiger partial charge < -0.3 is 10.1 Å². The fourth-order valence-corrected chi connectivity index (χ4v) is 4.20. The predicted octanol–water partition coefficient (Wildman–Crippen LogP) is 4.50. The van der Waals surface area contributed by atoms with Crippen molar-refractivity contribution in [1.29, 1.82) is 0 Å². The minimum absolute atomic E-state index is 0.0886. The topological polar surface area (TPSA) is 68.3 Å². The van der Waals surface area contributed by atoms with Crippen molar-refractivity contribution in [3.8, 4) is 10.6 Å². The van der Waals surface area contributed by atoms with Gasteiger partial charge in [-0.05, 0) is 34.4 Å². The number of esters is 1. The normalized spacial score (nSPS) is 10.7. The minimum Gasteiger partial charge on any atom is -0.458 e. The van der Waals surface area contributed by atoms with Crippen LogP contribution in [0.5, 0.6) is 0 Å². The number of benzene rings is 2. The van der Waals surface area contributed by atoms with E-state index in [2.05, 4.69) is 10.3 Å². The molecule has 0 fully saturated rings. The second kappa shape index (κ2) is 8.33. The fraction of sp³-hybridized carbons (Fsp3) is 0.0952. The molecule has 0 aliphatic heterocycles. The van der Waals surface area contributed by atoms with E-state index in [4.69, 9.17) is 4.74 Å². The number of aromatic nitrogens is 1. The third-order valence-electron chi connectivity index (χ3n) is 4.11. The molecule has 4 rings (SSSR count). The average Bonchev–Trinajstić information content (AvgIpc) is 3.41. The van der Waals surface area contributed by atoms with E-state index in [0.29, 0.717) is 11.3 Å². The second-order valence-corrected chi connectivity index (χ2v) is 7.70. The fourth-order valence-electron chi connectivity index (χ4n) is 2.68. The quantitative estimate of drug-likeness (QED) is 0.477. The van der Waals surface area contributed by atoms with Gasteiger partial charge in [-0.1, -0.05) is 30.3 Å². The molecule has 2 aromatic heterocycles. The van der Waals surface area contributed by atoms with Crippen LogP contribution in [0, 0.1) is 0 Å². The van der Waals surface area contributed by atoms with Gasteiger partial charge in [-0.15, -0.1) is 11.3 Å². The predicted molar refractivity (Wildman–Crippen MR) is 112 cm³/mol. The van der Waals surface area contributed by atoms with Crippen molar-refractivity contribution >= 4 is 45.3 Å². The molecular weight excluding hydrogens is 392 g/mol. The summed E-state index contributed by atoms with van der Waals surface area (Å²) in [7, 11) is 0. The first-order chi connectivity index (χ1) is 13.7. The number of thiazole rings is 1. The van der Waals surface area contributed by atoms with Crippen LogP contribution in [0.2, 0.25) is 0 Å². The Balaban J connectivity index is 1.28. The van der Waals surface area contributed by atoms with Crippen LogP contribution < -0.4 is 5.32 Å². The smallest absolute Gasteiger partial charge is 0.325 e. The molecule has 7 heteroatoms. The van der Waals surface area contributed by atoms with E-state index in [1.165, 1.54) is 11.3 Å². The molecule has 0 radical (unpaired) electrons. The molecule has 0 saturated carbocycles. The third-order valence-corrected chi connectivity index (χ3v) is 5.73. The Morgan fingerprint density at radius 1 is 1.04 bits per heavy atom. The molecule has 2 aromatic carbocycles. The SMILES string of the molecule is O=C(CNC(=O)c1ccc2ccccc2c1)OCc1csc(-c2ccsc2)n1. The molecular formula is C21H16N2O3S2. The van der Waals surface area contributed by atoms with Crippen LogP contribution in [0.3, 0.4) is 0 Å². The monoisotopic (exact) mass is 408 g/mol. The maximum Gasteiger partial charge on any atom is 0.325 e. The van der Waals surface area contributed by atoms with E-state index in [1.807, 2.05) is 52.5 Å². The Labute approximate surface area is 169 Å². The average molecular weight is 409 g/mol. The van der Waals surface area contributed by atoms with Crippen LogP contribution in [-0.2, 0) is 16.1 Å². The molecule has 0 spiro atoms. The summed E-state index contributed by atoms with van der Waals surface area (Å²) in [6, 6.07) is 15.2. The van der Waals surface area contributed by atoms with Gasteiger partial charge in [0.1, 0.15) is 18.2 Å². The zero-order chi connectivity index (χ0) is 19.3. The highest BCUT2D eigenvalue weighted by molar-refractivity contribution is 7.14. The Hall–Kier alpha value is -3.03. The number of ether oxygens (including phenoxy) is 1. The zero-order valence-corrected chi connectivity index (χ0v) is 16.4. The summed E-state index contributed by atoms with van der Waals surface area (Å²) in [6.07, 6.45) is 0. The molecule has 5 nitrogen and oxygen atoms in total. The second-order valence-electron chi connectivity index (χ2n) is 6.06. The molecule has 0 unspecified atom stereocenters. The van der Waals surface area contributed by atoms with Crippen molar-refractivity contribution in [2.24, 2.45) is 0 Å². The van der Waals surface area contributed by atoms with E-state index in [0.717, 1.165) is 21.3 Å². The number of amides is 1. The molecule has 0 saturated heterocycles. The first kappa shape index (κ1) is 18.3. The number of nitrogens with zero attached hydrogens (tertiary/aromatic N) is 1. The lowest BCUT2D eigenvalue weighted by Crippen LogP contribution is -2.30. The summed E-state index contributed by atoms with van der Waals surface area (Å²) in [6.45, 7) is -0.0987. The summed E-state index contributed by atoms with van der Waals surface area (Å²) in [5, 5.41) is 11.4. The molecule has 1 amide bonds. The van der Waals surface area contributed by atoms with Crippen molar-refractivity contribution in [2.45, 2.75) is 6.61 Å². The number of carbonyl (C=O) groups is 2. The van der Waals surface area contributed by atoms with E-state index >= 15 is 0 Å². The van der Waals surface area contributed by atoms with Crippen molar-refractivity contribution in [3.05, 3.63) is 75.9 Å². The highest BCUT2D eigenvalue weighted by Crippen LogP contribution is 2.25. The zero-order valence-electron chi connectivity index (χ0n) is 14.8. The van der Waals surface area contributed by atoms with E-state index in [9.17, 15) is 9.59 Å². The van der Waals surface area contributed by atoms with Crippen LogP contribution in [0.1, 0.15) is 16.1 Å². The van der Waals surface area contributed by atoms with Gasteiger partial charge in [-0.25, -0.2) is 4.98 Å². The van der Waals surface area contributed by atoms with E-state index in [-0.39, 0.29) is 19.1 Å². The number of thiophene rings is 1. The number of fused-ring (bicyclic) bond motifs is 1.